The maximum absolute atomic E-state index is 10.0. The predicted molar refractivity (Wildman–Crippen MR) is 30.4 cm³/mol. The number of carboxylic acid groups (broad SMARTS) is 1. The summed E-state index contributed by atoms with van der Waals surface area (Å²) in [5, 5.41) is 8.20. The van der Waals surface area contributed by atoms with Crippen LogP contribution in [0.15, 0.2) is 12.2 Å². The molecule has 0 aliphatic carbocycles. The van der Waals surface area contributed by atoms with E-state index in [0.29, 0.717) is 0 Å². The van der Waals surface area contributed by atoms with E-state index in [-0.39, 0.29) is 5.71 Å². The van der Waals surface area contributed by atoms with Crippen LogP contribution in [0.25, 0.3) is 0 Å². The normalized spacial score (nSPS) is 9.00. The summed E-state index contributed by atoms with van der Waals surface area (Å²) in [7, 11) is 0. The van der Waals surface area contributed by atoms with Gasteiger partial charge in [-0.1, -0.05) is 6.08 Å². The Morgan fingerprint density at radius 3 is 2.44 bits per heavy atom. The first kappa shape index (κ1) is 7.59. The molecule has 0 aliphatic heterocycles. The lowest BCUT2D eigenvalue weighted by Crippen LogP contribution is -2.10. The second kappa shape index (κ2) is 3.57. The number of hydrogen-bond acceptors (Lipinski definition) is 2. The summed E-state index contributed by atoms with van der Waals surface area (Å²) in [6.07, 6.45) is 2.77. The minimum atomic E-state index is -1.18. The van der Waals surface area contributed by atoms with E-state index in [1.165, 1.54) is 12.2 Å². The quantitative estimate of drug-likeness (QED) is 0.318. The first-order valence-corrected chi connectivity index (χ1v) is 2.32. The van der Waals surface area contributed by atoms with Crippen LogP contribution in [0.3, 0.4) is 0 Å². The fraction of sp³-hybridized carbons (Fsp3) is 0.200. The molecule has 0 aromatic rings. The molecule has 4 heteroatoms. The van der Waals surface area contributed by atoms with Gasteiger partial charge in [-0.25, -0.2) is 4.79 Å². The maximum Gasteiger partial charge on any atom is 0.447 e. The summed E-state index contributed by atoms with van der Waals surface area (Å²) >= 11 is 0. The first-order valence-electron chi connectivity index (χ1n) is 2.32. The maximum atomic E-state index is 10.0. The number of carbonyl (C=O) groups is 1. The molecule has 0 spiro atoms. The molecule has 0 bridgehead atoms. The Bertz CT molecular complexity index is 189. The molecule has 0 heterocycles. The molecular weight excluding hydrogens is 120 g/mol. The summed E-state index contributed by atoms with van der Waals surface area (Å²) in [5.41, 5.74) is 6.10. The van der Waals surface area contributed by atoms with Gasteiger partial charge in [0.1, 0.15) is 0 Å². The molecule has 2 N–H and O–H groups in total. The highest BCUT2D eigenvalue weighted by atomic mass is 16.4. The number of nitrogens with one attached hydrogen (secondary N) is 1. The van der Waals surface area contributed by atoms with Gasteiger partial charge >= 0.3 is 11.7 Å². The highest BCUT2D eigenvalue weighted by Crippen LogP contribution is 1.74. The van der Waals surface area contributed by atoms with Crippen LogP contribution in [-0.4, -0.2) is 21.6 Å². The highest BCUT2D eigenvalue weighted by molar-refractivity contribution is 6.37. The number of rotatable bonds is 2. The van der Waals surface area contributed by atoms with Crippen LogP contribution in [0.1, 0.15) is 6.92 Å². The third-order valence-electron chi connectivity index (χ3n) is 0.664. The Balaban J connectivity index is 4.38. The van der Waals surface area contributed by atoms with Crippen LogP contribution in [0.4, 0.5) is 0 Å². The van der Waals surface area contributed by atoms with Crippen LogP contribution in [-0.2, 0) is 4.79 Å². The van der Waals surface area contributed by atoms with Crippen molar-refractivity contribution in [3.05, 3.63) is 12.2 Å². The lowest BCUT2D eigenvalue weighted by Gasteiger charge is -1.71. The Labute approximate surface area is 52.0 Å². The Morgan fingerprint density at radius 1 is 1.78 bits per heavy atom. The minimum absolute atomic E-state index is 0.252. The van der Waals surface area contributed by atoms with E-state index >= 15 is 0 Å². The monoisotopic (exact) mass is 127 g/mol. The Morgan fingerprint density at radius 2 is 2.33 bits per heavy atom. The average Bonchev–Trinajstić information content (AvgIpc) is 1.82. The molecule has 0 unspecified atom stereocenters. The zero-order valence-electron chi connectivity index (χ0n) is 4.96. The molecule has 0 saturated heterocycles. The summed E-state index contributed by atoms with van der Waals surface area (Å²) < 4.78 is 0. The van der Waals surface area contributed by atoms with Crippen LogP contribution in [0.5, 0.6) is 0 Å². The van der Waals surface area contributed by atoms with Crippen molar-refractivity contribution < 1.29 is 14.7 Å². The zero-order valence-corrected chi connectivity index (χ0v) is 4.96. The van der Waals surface area contributed by atoms with E-state index in [0.717, 1.165) is 0 Å². The van der Waals surface area contributed by atoms with Crippen LogP contribution in [0, 0.1) is 5.53 Å². The van der Waals surface area contributed by atoms with Gasteiger partial charge in [0.05, 0.1) is 10.3 Å². The number of nitrogens with zero attached hydrogens (tertiary/aromatic N) is 1. The molecule has 0 aromatic carbocycles. The van der Waals surface area contributed by atoms with Crippen LogP contribution >= 0.6 is 0 Å². The second-order valence-corrected chi connectivity index (χ2v) is 1.30. The fourth-order valence-electron chi connectivity index (χ4n) is 0.314. The topological polar surface area (TPSA) is 75.2 Å². The van der Waals surface area contributed by atoms with E-state index in [4.69, 9.17) is 10.6 Å². The molecule has 0 aromatic heterocycles. The third-order valence-corrected chi connectivity index (χ3v) is 0.664. The molecular formula is C5H7N2O2+. The van der Waals surface area contributed by atoms with Crippen molar-refractivity contribution in [2.24, 2.45) is 0 Å². The van der Waals surface area contributed by atoms with E-state index in [1.807, 2.05) is 0 Å². The van der Waals surface area contributed by atoms with Gasteiger partial charge in [-0.2, -0.15) is 0 Å². The van der Waals surface area contributed by atoms with Crippen molar-refractivity contribution in [1.29, 1.82) is 5.53 Å². The zero-order chi connectivity index (χ0) is 7.28. The molecule has 0 fully saturated rings. The summed E-state index contributed by atoms with van der Waals surface area (Å²) in [6, 6.07) is 0. The largest absolute Gasteiger partial charge is 0.472 e. The van der Waals surface area contributed by atoms with Gasteiger partial charge < -0.3 is 5.11 Å². The van der Waals surface area contributed by atoms with E-state index in [9.17, 15) is 4.79 Å². The summed E-state index contributed by atoms with van der Waals surface area (Å²) in [5.74, 6) is -1.18. The van der Waals surface area contributed by atoms with Gasteiger partial charge in [-0.15, -0.1) is 0 Å². The van der Waals surface area contributed by atoms with E-state index in [2.05, 4.69) is 4.79 Å². The van der Waals surface area contributed by atoms with Crippen molar-refractivity contribution in [3.8, 4) is 0 Å². The molecule has 0 saturated carbocycles. The molecule has 0 amide bonds. The number of aliphatic carboxylic acids is 1. The van der Waals surface area contributed by atoms with Crippen molar-refractivity contribution >= 4 is 11.7 Å². The molecule has 0 radical (unpaired) electrons. The minimum Gasteiger partial charge on any atom is -0.472 e. The number of hydrogen-bond donors (Lipinski definition) is 2. The van der Waals surface area contributed by atoms with Crippen molar-refractivity contribution in [1.82, 2.24) is 0 Å². The fourth-order valence-corrected chi connectivity index (χ4v) is 0.314. The Kier molecular flexibility index (Phi) is 3.01. The van der Waals surface area contributed by atoms with Crippen molar-refractivity contribution in [2.75, 3.05) is 0 Å². The van der Waals surface area contributed by atoms with Gasteiger partial charge in [-0.3, -0.25) is 0 Å². The molecule has 9 heavy (non-hydrogen) atoms. The Hall–Kier alpha value is -1.41. The summed E-state index contributed by atoms with van der Waals surface area (Å²) in [4.78, 5) is 12.8. The third kappa shape index (κ3) is 2.41. The van der Waals surface area contributed by atoms with Gasteiger partial charge in [0.25, 0.3) is 0 Å². The van der Waals surface area contributed by atoms with Gasteiger partial charge in [0.15, 0.2) is 0 Å². The highest BCUT2D eigenvalue weighted by Gasteiger charge is 2.15. The smallest absolute Gasteiger partial charge is 0.447 e. The van der Waals surface area contributed by atoms with E-state index < -0.39 is 5.97 Å². The van der Waals surface area contributed by atoms with Crippen LogP contribution in [0.2, 0.25) is 0 Å². The standard InChI is InChI=1S/C5H6N2O2/c1-2-3-4(7-6)5(8)9/h2-3,6H,1H3/p+1. The average molecular weight is 127 g/mol. The molecule has 4 nitrogen and oxygen atoms in total. The number of carboxylic acids is 1. The second-order valence-electron chi connectivity index (χ2n) is 1.30. The lowest BCUT2D eigenvalue weighted by molar-refractivity contribution is -0.147. The van der Waals surface area contributed by atoms with Gasteiger partial charge in [0.2, 0.25) is 0 Å². The van der Waals surface area contributed by atoms with Gasteiger partial charge in [-0.05, 0) is 6.92 Å². The first-order chi connectivity index (χ1) is 4.22. The molecule has 0 atom stereocenters. The lowest BCUT2D eigenvalue weighted by atomic mass is 10.3. The predicted octanol–water partition coefficient (Wildman–Crippen LogP) is 0.327. The van der Waals surface area contributed by atoms with Gasteiger partial charge in [0, 0.05) is 6.08 Å². The van der Waals surface area contributed by atoms with Crippen LogP contribution < -0.4 is 0 Å². The van der Waals surface area contributed by atoms with Crippen molar-refractivity contribution in [2.45, 2.75) is 6.92 Å². The SMILES string of the molecule is CC=CC(=[N+]=N)C(=O)O. The molecule has 0 rings (SSSR count). The van der Waals surface area contributed by atoms with Crippen molar-refractivity contribution in [3.63, 3.8) is 0 Å². The van der Waals surface area contributed by atoms with E-state index in [1.54, 1.807) is 6.92 Å². The molecule has 0 aliphatic rings. The number of allylic oxidation sites excluding steroid dienone is 1. The summed E-state index contributed by atoms with van der Waals surface area (Å²) in [6.45, 7) is 1.66. The molecule has 48 valence electrons.